The summed E-state index contributed by atoms with van der Waals surface area (Å²) in [6.07, 6.45) is 0. The molecule has 0 spiro atoms. The Kier molecular flexibility index (Phi) is 13.1. The Morgan fingerprint density at radius 2 is 1.67 bits per heavy atom. The number of guanidine groups is 1. The number of hydrogen-bond donors (Lipinski definition) is 3. The van der Waals surface area contributed by atoms with Crippen molar-refractivity contribution < 1.29 is 23.7 Å². The number of amides is 1. The molecule has 0 saturated carbocycles. The number of carbonyl (C=O) groups is 1. The molecule has 0 aliphatic heterocycles. The highest BCUT2D eigenvalue weighted by atomic mass is 127. The monoisotopic (exact) mass is 496 g/mol. The fourth-order valence-electron chi connectivity index (χ4n) is 2.10. The Morgan fingerprint density at radius 3 is 2.15 bits per heavy atom. The maximum atomic E-state index is 11.8. The van der Waals surface area contributed by atoms with E-state index in [0.29, 0.717) is 48.6 Å². The maximum absolute atomic E-state index is 11.8. The van der Waals surface area contributed by atoms with Crippen LogP contribution < -0.4 is 30.2 Å². The third-order valence-corrected chi connectivity index (χ3v) is 3.28. The Hall–Kier alpha value is -1.95. The average Bonchev–Trinajstić information content (AvgIpc) is 2.65. The first-order valence-corrected chi connectivity index (χ1v) is 8.20. The summed E-state index contributed by atoms with van der Waals surface area (Å²) >= 11 is 0. The van der Waals surface area contributed by atoms with Gasteiger partial charge >= 0.3 is 0 Å². The predicted octanol–water partition coefficient (Wildman–Crippen LogP) is 1.47. The number of anilines is 1. The van der Waals surface area contributed by atoms with Crippen LogP contribution in [0.5, 0.6) is 17.2 Å². The van der Waals surface area contributed by atoms with E-state index in [-0.39, 0.29) is 36.4 Å². The summed E-state index contributed by atoms with van der Waals surface area (Å²) in [6.45, 7) is 3.47. The number of carbonyl (C=O) groups excluding carboxylic acids is 1. The smallest absolute Gasteiger partial charge is 0.241 e. The lowest BCUT2D eigenvalue weighted by Gasteiger charge is -2.16. The molecule has 0 fully saturated rings. The van der Waals surface area contributed by atoms with Gasteiger partial charge in [0.1, 0.15) is 6.54 Å². The molecular formula is C17H29IN4O5. The van der Waals surface area contributed by atoms with E-state index in [1.54, 1.807) is 40.6 Å². The molecule has 3 N–H and O–H groups in total. The van der Waals surface area contributed by atoms with Gasteiger partial charge in [-0.1, -0.05) is 0 Å². The first-order valence-electron chi connectivity index (χ1n) is 8.20. The molecule has 0 atom stereocenters. The molecule has 0 heterocycles. The van der Waals surface area contributed by atoms with Crippen molar-refractivity contribution in [3.63, 3.8) is 0 Å². The number of methoxy groups -OCH3 is 4. The van der Waals surface area contributed by atoms with Crippen LogP contribution in [0.2, 0.25) is 0 Å². The van der Waals surface area contributed by atoms with Crippen LogP contribution >= 0.6 is 24.0 Å². The van der Waals surface area contributed by atoms with Crippen molar-refractivity contribution in [2.45, 2.75) is 6.92 Å². The predicted molar refractivity (Wildman–Crippen MR) is 116 cm³/mol. The molecule has 1 amide bonds. The molecule has 10 heteroatoms. The van der Waals surface area contributed by atoms with Crippen molar-refractivity contribution in [2.75, 3.05) is 60.0 Å². The van der Waals surface area contributed by atoms with Gasteiger partial charge in [-0.15, -0.1) is 24.0 Å². The van der Waals surface area contributed by atoms with Crippen LogP contribution in [-0.2, 0) is 9.53 Å². The zero-order valence-corrected chi connectivity index (χ0v) is 18.7. The van der Waals surface area contributed by atoms with Gasteiger partial charge in [-0.25, -0.2) is 4.99 Å². The molecule has 0 radical (unpaired) electrons. The van der Waals surface area contributed by atoms with Crippen LogP contribution in [0.4, 0.5) is 5.69 Å². The van der Waals surface area contributed by atoms with Crippen LogP contribution in [-0.4, -0.2) is 66.5 Å². The normalized spacial score (nSPS) is 10.5. The number of benzene rings is 1. The molecule has 0 aliphatic carbocycles. The topological polar surface area (TPSA) is 102 Å². The Labute approximate surface area is 177 Å². The fourth-order valence-corrected chi connectivity index (χ4v) is 2.10. The number of aliphatic imine (C=N–C) groups is 1. The van der Waals surface area contributed by atoms with Gasteiger partial charge < -0.3 is 34.9 Å². The van der Waals surface area contributed by atoms with E-state index in [0.717, 1.165) is 0 Å². The standard InChI is InChI=1S/C17H28N4O5.HI/c1-6-18-17(20-11-15(22)19-7-8-23-2)21-12-9-13(24-3)16(26-5)14(10-12)25-4;/h9-10H,6-8,11H2,1-5H3,(H,19,22)(H2,18,20,21);1H. The highest BCUT2D eigenvalue weighted by molar-refractivity contribution is 14.0. The van der Waals surface area contributed by atoms with E-state index >= 15 is 0 Å². The minimum atomic E-state index is -0.191. The summed E-state index contributed by atoms with van der Waals surface area (Å²) in [6, 6.07) is 3.51. The highest BCUT2D eigenvalue weighted by Gasteiger charge is 2.14. The van der Waals surface area contributed by atoms with Gasteiger partial charge in [-0.3, -0.25) is 4.79 Å². The van der Waals surface area contributed by atoms with Gasteiger partial charge in [-0.2, -0.15) is 0 Å². The molecule has 9 nitrogen and oxygen atoms in total. The van der Waals surface area contributed by atoms with Crippen molar-refractivity contribution in [3.05, 3.63) is 12.1 Å². The Morgan fingerprint density at radius 1 is 1.04 bits per heavy atom. The minimum absolute atomic E-state index is 0. The molecule has 0 bridgehead atoms. The first-order chi connectivity index (χ1) is 12.6. The van der Waals surface area contributed by atoms with Crippen LogP contribution in [0.1, 0.15) is 6.92 Å². The largest absolute Gasteiger partial charge is 0.493 e. The molecule has 1 aromatic rings. The van der Waals surface area contributed by atoms with Crippen LogP contribution in [0.15, 0.2) is 17.1 Å². The summed E-state index contributed by atoms with van der Waals surface area (Å²) in [5.74, 6) is 1.80. The van der Waals surface area contributed by atoms with E-state index in [9.17, 15) is 4.79 Å². The number of hydrogen-bond acceptors (Lipinski definition) is 6. The second kappa shape index (κ2) is 14.2. The molecule has 154 valence electrons. The lowest BCUT2D eigenvalue weighted by Crippen LogP contribution is -2.34. The van der Waals surface area contributed by atoms with Crippen LogP contribution in [0, 0.1) is 0 Å². The van der Waals surface area contributed by atoms with Gasteiger partial charge in [0.2, 0.25) is 11.7 Å². The van der Waals surface area contributed by atoms with Crippen molar-refractivity contribution >= 4 is 41.5 Å². The summed E-state index contributed by atoms with van der Waals surface area (Å²) in [5, 5.41) is 8.91. The maximum Gasteiger partial charge on any atom is 0.241 e. The number of rotatable bonds is 10. The molecule has 0 unspecified atom stereocenters. The summed E-state index contributed by atoms with van der Waals surface area (Å²) < 4.78 is 20.9. The van der Waals surface area contributed by atoms with Gasteiger partial charge in [0.25, 0.3) is 0 Å². The van der Waals surface area contributed by atoms with Gasteiger partial charge in [0.05, 0.1) is 27.9 Å². The second-order valence-corrected chi connectivity index (χ2v) is 5.08. The van der Waals surface area contributed by atoms with E-state index < -0.39 is 0 Å². The lowest BCUT2D eigenvalue weighted by atomic mass is 10.2. The zero-order chi connectivity index (χ0) is 19.4. The van der Waals surface area contributed by atoms with Gasteiger partial charge in [-0.05, 0) is 6.92 Å². The van der Waals surface area contributed by atoms with Crippen molar-refractivity contribution in [1.82, 2.24) is 10.6 Å². The lowest BCUT2D eigenvalue weighted by molar-refractivity contribution is -0.119. The molecule has 0 aromatic heterocycles. The Balaban J connectivity index is 0.00000676. The summed E-state index contributed by atoms with van der Waals surface area (Å²) in [4.78, 5) is 16.0. The molecule has 0 saturated heterocycles. The summed E-state index contributed by atoms with van der Waals surface area (Å²) in [7, 11) is 6.21. The van der Waals surface area contributed by atoms with E-state index in [2.05, 4.69) is 20.9 Å². The van der Waals surface area contributed by atoms with E-state index in [4.69, 9.17) is 18.9 Å². The van der Waals surface area contributed by atoms with E-state index in [1.807, 2.05) is 6.92 Å². The van der Waals surface area contributed by atoms with E-state index in [1.165, 1.54) is 0 Å². The third-order valence-electron chi connectivity index (χ3n) is 3.28. The number of halogens is 1. The first kappa shape index (κ1) is 25.1. The van der Waals surface area contributed by atoms with Crippen LogP contribution in [0.3, 0.4) is 0 Å². The number of nitrogens with one attached hydrogen (secondary N) is 3. The zero-order valence-electron chi connectivity index (χ0n) is 16.4. The van der Waals surface area contributed by atoms with Crippen molar-refractivity contribution in [2.24, 2.45) is 4.99 Å². The fraction of sp³-hybridized carbons (Fsp3) is 0.529. The third kappa shape index (κ3) is 8.52. The van der Waals surface area contributed by atoms with Crippen molar-refractivity contribution in [3.8, 4) is 17.2 Å². The quantitative estimate of drug-likeness (QED) is 0.195. The minimum Gasteiger partial charge on any atom is -0.493 e. The molecule has 0 aliphatic rings. The summed E-state index contributed by atoms with van der Waals surface area (Å²) in [5.41, 5.74) is 0.680. The average molecular weight is 496 g/mol. The number of nitrogens with zero attached hydrogens (tertiary/aromatic N) is 1. The molecule has 1 rings (SSSR count). The second-order valence-electron chi connectivity index (χ2n) is 5.08. The molecular weight excluding hydrogens is 467 g/mol. The Bertz CT molecular complexity index is 588. The highest BCUT2D eigenvalue weighted by Crippen LogP contribution is 2.39. The van der Waals surface area contributed by atoms with Gasteiger partial charge in [0.15, 0.2) is 17.5 Å². The molecule has 1 aromatic carbocycles. The van der Waals surface area contributed by atoms with Crippen molar-refractivity contribution in [1.29, 1.82) is 0 Å². The van der Waals surface area contributed by atoms with Crippen LogP contribution in [0.25, 0.3) is 0 Å². The number of ether oxygens (including phenoxy) is 4. The SMILES string of the molecule is CCNC(=NCC(=O)NCCOC)Nc1cc(OC)c(OC)c(OC)c1.I. The van der Waals surface area contributed by atoms with Gasteiger partial charge in [0, 0.05) is 38.0 Å². The molecule has 27 heavy (non-hydrogen) atoms.